The number of benzene rings is 3. The molecule has 3 aromatic rings. The number of hydrogen-bond donors (Lipinski definition) is 5. The fourth-order valence-electron chi connectivity index (χ4n) is 3.01. The predicted molar refractivity (Wildman–Crippen MR) is 136 cm³/mol. The third kappa shape index (κ3) is 11.6. The van der Waals surface area contributed by atoms with E-state index in [1.807, 2.05) is 13.0 Å². The van der Waals surface area contributed by atoms with Crippen molar-refractivity contribution in [3.63, 3.8) is 0 Å². The first-order valence-electron chi connectivity index (χ1n) is 10.2. The van der Waals surface area contributed by atoms with E-state index in [-0.39, 0.29) is 71.3 Å². The Morgan fingerprint density at radius 2 is 1.13 bits per heavy atom. The van der Waals surface area contributed by atoms with Crippen LogP contribution in [0.25, 0.3) is 0 Å². The SMILES string of the molecule is Cc1cc(C)c(O)c(C(=O)O)c1.Cc1cc(C)c(O)c(OC=O)c1.Cc1ccc(O)c(C(=O)O)c1.O.O.[Zr]. The largest absolute Gasteiger partial charge is 0.507 e. The second kappa shape index (κ2) is 17.7. The van der Waals surface area contributed by atoms with E-state index in [2.05, 4.69) is 4.74 Å². The molecule has 0 spiro atoms. The topological polar surface area (TPSA) is 225 Å². The molecule has 11 nitrogen and oxygen atoms in total. The van der Waals surface area contributed by atoms with Gasteiger partial charge in [0, 0.05) is 26.2 Å². The first-order chi connectivity index (χ1) is 16.3. The number of ether oxygens (including phenoxy) is 1. The maximum absolute atomic E-state index is 10.6. The number of carboxylic acids is 2. The summed E-state index contributed by atoms with van der Waals surface area (Å²) in [6.45, 7) is 9.15. The molecule has 0 amide bonds. The van der Waals surface area contributed by atoms with Gasteiger partial charge in [0.2, 0.25) is 0 Å². The minimum absolute atomic E-state index is 0. The van der Waals surface area contributed by atoms with Gasteiger partial charge in [-0.15, -0.1) is 0 Å². The molecule has 206 valence electrons. The van der Waals surface area contributed by atoms with E-state index < -0.39 is 11.9 Å². The number of carbonyl (C=O) groups is 3. The second-order valence-corrected chi connectivity index (χ2v) is 7.75. The number of aromatic carboxylic acids is 2. The number of rotatable bonds is 4. The van der Waals surface area contributed by atoms with Crippen LogP contribution in [-0.4, -0.2) is 54.9 Å². The Bertz CT molecular complexity index is 1240. The minimum atomic E-state index is -1.11. The molecular formula is C26H32O11Zr. The summed E-state index contributed by atoms with van der Waals surface area (Å²) in [7, 11) is 0. The van der Waals surface area contributed by atoms with Crippen molar-refractivity contribution in [1.82, 2.24) is 0 Å². The maximum Gasteiger partial charge on any atom is 0.339 e. The number of hydrogen-bond acceptors (Lipinski definition) is 7. The summed E-state index contributed by atoms with van der Waals surface area (Å²) in [4.78, 5) is 31.0. The number of carboxylic acid groups (broad SMARTS) is 2. The van der Waals surface area contributed by atoms with E-state index in [0.29, 0.717) is 17.6 Å². The van der Waals surface area contributed by atoms with Gasteiger partial charge in [-0.1, -0.05) is 23.8 Å². The number of aromatic hydroxyl groups is 3. The van der Waals surface area contributed by atoms with Crippen molar-refractivity contribution < 1.29 is 81.8 Å². The molecule has 0 aromatic heterocycles. The molecule has 3 rings (SSSR count). The molecular weight excluding hydrogens is 579 g/mol. The summed E-state index contributed by atoms with van der Waals surface area (Å²) in [6.07, 6.45) is 0. The monoisotopic (exact) mass is 610 g/mol. The molecule has 38 heavy (non-hydrogen) atoms. The van der Waals surface area contributed by atoms with Crippen LogP contribution in [0.1, 0.15) is 48.5 Å². The molecule has 0 saturated heterocycles. The molecule has 0 bridgehead atoms. The van der Waals surface area contributed by atoms with Crippen molar-refractivity contribution in [1.29, 1.82) is 0 Å². The third-order valence-electron chi connectivity index (χ3n) is 4.64. The Kier molecular flexibility index (Phi) is 18.1. The zero-order chi connectivity index (χ0) is 26.9. The van der Waals surface area contributed by atoms with Crippen LogP contribution in [0.5, 0.6) is 23.0 Å². The molecule has 0 aliphatic heterocycles. The number of phenolic OH excluding ortho intramolecular Hbond substituents is 1. The van der Waals surface area contributed by atoms with Crippen LogP contribution in [0.2, 0.25) is 0 Å². The van der Waals surface area contributed by atoms with E-state index in [4.69, 9.17) is 15.3 Å². The molecule has 0 aliphatic carbocycles. The van der Waals surface area contributed by atoms with Gasteiger partial charge >= 0.3 is 11.9 Å². The smallest absolute Gasteiger partial charge is 0.339 e. The van der Waals surface area contributed by atoms with E-state index in [9.17, 15) is 24.6 Å². The van der Waals surface area contributed by atoms with Crippen molar-refractivity contribution in [3.8, 4) is 23.0 Å². The Hall–Kier alpha value is -3.73. The Morgan fingerprint density at radius 1 is 0.684 bits per heavy atom. The van der Waals surface area contributed by atoms with Crippen molar-refractivity contribution in [2.75, 3.05) is 0 Å². The number of carbonyl (C=O) groups excluding carboxylic acids is 1. The first-order valence-corrected chi connectivity index (χ1v) is 10.2. The molecule has 9 N–H and O–H groups in total. The molecule has 12 heteroatoms. The van der Waals surface area contributed by atoms with Gasteiger partial charge < -0.3 is 41.2 Å². The molecule has 0 atom stereocenters. The van der Waals surface area contributed by atoms with Crippen molar-refractivity contribution in [3.05, 3.63) is 81.4 Å². The Balaban J connectivity index is -0.000000466. The summed E-state index contributed by atoms with van der Waals surface area (Å²) in [6, 6.07) is 11.1. The average Bonchev–Trinajstić information content (AvgIpc) is 2.76. The van der Waals surface area contributed by atoms with Gasteiger partial charge in [0.25, 0.3) is 6.47 Å². The number of aryl methyl sites for hydroxylation is 5. The predicted octanol–water partition coefficient (Wildman–Crippen LogP) is 3.00. The van der Waals surface area contributed by atoms with Crippen LogP contribution >= 0.6 is 0 Å². The Labute approximate surface area is 238 Å². The first kappa shape index (κ1) is 38.8. The average molecular weight is 612 g/mol. The summed E-state index contributed by atoms with van der Waals surface area (Å²) < 4.78 is 4.57. The fourth-order valence-corrected chi connectivity index (χ4v) is 3.01. The molecule has 0 saturated carbocycles. The van der Waals surface area contributed by atoms with Crippen molar-refractivity contribution in [2.45, 2.75) is 34.6 Å². The van der Waals surface area contributed by atoms with Crippen LogP contribution in [0, 0.1) is 34.6 Å². The van der Waals surface area contributed by atoms with Crippen LogP contribution in [-0.2, 0) is 31.0 Å². The van der Waals surface area contributed by atoms with Gasteiger partial charge in [-0.25, -0.2) is 9.59 Å². The molecule has 0 aliphatic rings. The van der Waals surface area contributed by atoms with Gasteiger partial charge in [0.05, 0.1) is 0 Å². The van der Waals surface area contributed by atoms with Gasteiger partial charge in [-0.3, -0.25) is 4.79 Å². The maximum atomic E-state index is 10.6. The molecule has 3 aromatic carbocycles. The van der Waals surface area contributed by atoms with Gasteiger partial charge in [-0.2, -0.15) is 0 Å². The zero-order valence-electron chi connectivity index (χ0n) is 21.5. The van der Waals surface area contributed by atoms with Crippen molar-refractivity contribution in [2.24, 2.45) is 0 Å². The van der Waals surface area contributed by atoms with E-state index in [1.54, 1.807) is 45.9 Å². The van der Waals surface area contributed by atoms with Gasteiger partial charge in [0.1, 0.15) is 22.6 Å². The third-order valence-corrected chi connectivity index (χ3v) is 4.64. The summed E-state index contributed by atoms with van der Waals surface area (Å²) >= 11 is 0. The second-order valence-electron chi connectivity index (χ2n) is 7.75. The molecule has 0 radical (unpaired) electrons. The van der Waals surface area contributed by atoms with E-state index in [0.717, 1.165) is 16.7 Å². The van der Waals surface area contributed by atoms with Crippen LogP contribution in [0.15, 0.2) is 42.5 Å². The Morgan fingerprint density at radius 3 is 1.58 bits per heavy atom. The molecule has 0 fully saturated rings. The quantitative estimate of drug-likeness (QED) is 0.273. The fraction of sp³-hybridized carbons (Fsp3) is 0.192. The van der Waals surface area contributed by atoms with Crippen LogP contribution in [0.3, 0.4) is 0 Å². The van der Waals surface area contributed by atoms with Crippen LogP contribution in [0.4, 0.5) is 0 Å². The van der Waals surface area contributed by atoms with Crippen molar-refractivity contribution >= 4 is 18.4 Å². The standard InChI is InChI=1S/2C9H10O3.C8H8O3.2H2O.Zr/c1-6-3-7(2)9(11)8(4-6)12-5-10;1-5-3-6(2)8(10)7(4-5)9(11)12;1-5-2-3-7(9)6(4-5)8(10)11;;;/h3-5,11H,1-2H3;3-4,10H,1-2H3,(H,11,12);2-4,9H,1H3,(H,10,11);2*1H2;. The molecule has 0 unspecified atom stereocenters. The summed E-state index contributed by atoms with van der Waals surface area (Å²) in [5.74, 6) is -2.31. The normalized spacial score (nSPS) is 8.87. The van der Waals surface area contributed by atoms with Crippen LogP contribution < -0.4 is 4.74 Å². The van der Waals surface area contributed by atoms with Gasteiger partial charge in [0.15, 0.2) is 11.5 Å². The van der Waals surface area contributed by atoms with E-state index in [1.165, 1.54) is 18.2 Å². The van der Waals surface area contributed by atoms with Gasteiger partial charge in [-0.05, 0) is 81.1 Å². The summed E-state index contributed by atoms with van der Waals surface area (Å²) in [5.41, 5.74) is 3.81. The zero-order valence-corrected chi connectivity index (χ0v) is 23.9. The summed E-state index contributed by atoms with van der Waals surface area (Å²) in [5, 5.41) is 44.9. The number of phenols is 3. The molecule has 0 heterocycles. The van der Waals surface area contributed by atoms with E-state index >= 15 is 0 Å². The minimum Gasteiger partial charge on any atom is -0.507 e.